The zero-order valence-corrected chi connectivity index (χ0v) is 11.6. The number of halogens is 1. The molecule has 98 valence electrons. The molecule has 2 unspecified atom stereocenters. The second kappa shape index (κ2) is 6.29. The van der Waals surface area contributed by atoms with Crippen molar-refractivity contribution in [3.63, 3.8) is 0 Å². The molecule has 1 fully saturated rings. The Bertz CT molecular complexity index is 424. The lowest BCUT2D eigenvalue weighted by molar-refractivity contribution is -0.385. The van der Waals surface area contributed by atoms with Gasteiger partial charge < -0.3 is 4.74 Å². The van der Waals surface area contributed by atoms with E-state index < -0.39 is 0 Å². The molecule has 1 aliphatic rings. The lowest BCUT2D eigenvalue weighted by Crippen LogP contribution is -2.28. The normalized spacial score (nSPS) is 23.8. The van der Waals surface area contributed by atoms with Crippen molar-refractivity contribution in [2.45, 2.75) is 24.1 Å². The van der Waals surface area contributed by atoms with E-state index in [1.807, 2.05) is 12.1 Å². The van der Waals surface area contributed by atoms with Crippen molar-refractivity contribution in [3.8, 4) is 0 Å². The predicted octanol–water partition coefficient (Wildman–Crippen LogP) is 3.33. The zero-order chi connectivity index (χ0) is 13.0. The van der Waals surface area contributed by atoms with Gasteiger partial charge in [0.2, 0.25) is 0 Å². The number of alkyl halides is 1. The number of ether oxygens (including phenoxy) is 1. The smallest absolute Gasteiger partial charge is 0.272 e. The van der Waals surface area contributed by atoms with Gasteiger partial charge in [-0.2, -0.15) is 0 Å². The van der Waals surface area contributed by atoms with Gasteiger partial charge >= 0.3 is 0 Å². The molecule has 1 saturated heterocycles. The molecule has 1 heterocycles. The summed E-state index contributed by atoms with van der Waals surface area (Å²) in [5, 5.41) is 10.9. The Morgan fingerprint density at radius 2 is 2.22 bits per heavy atom. The molecule has 1 aromatic carbocycles. The lowest BCUT2D eigenvalue weighted by atomic mass is 9.94. The topological polar surface area (TPSA) is 52.4 Å². The van der Waals surface area contributed by atoms with Crippen LogP contribution in [0.4, 0.5) is 5.69 Å². The lowest BCUT2D eigenvalue weighted by Gasteiger charge is -2.27. The fourth-order valence-corrected chi connectivity index (χ4v) is 2.88. The molecule has 0 radical (unpaired) electrons. The van der Waals surface area contributed by atoms with Crippen LogP contribution in [0.1, 0.15) is 18.4 Å². The Morgan fingerprint density at radius 1 is 1.44 bits per heavy atom. The SMILES string of the molecule is O=[N+]([O-])c1ccccc1CCC1COCCC1Br. The summed E-state index contributed by atoms with van der Waals surface area (Å²) in [4.78, 5) is 11.1. The van der Waals surface area contributed by atoms with Crippen LogP contribution < -0.4 is 0 Å². The van der Waals surface area contributed by atoms with Crippen LogP contribution in [0.5, 0.6) is 0 Å². The van der Waals surface area contributed by atoms with E-state index in [0.29, 0.717) is 10.7 Å². The zero-order valence-electron chi connectivity index (χ0n) is 10.0. The van der Waals surface area contributed by atoms with E-state index in [1.165, 1.54) is 0 Å². The van der Waals surface area contributed by atoms with Crippen molar-refractivity contribution in [2.24, 2.45) is 5.92 Å². The minimum atomic E-state index is -0.307. The van der Waals surface area contributed by atoms with Gasteiger partial charge in [-0.3, -0.25) is 10.1 Å². The van der Waals surface area contributed by atoms with Crippen LogP contribution >= 0.6 is 15.9 Å². The minimum absolute atomic E-state index is 0.223. The van der Waals surface area contributed by atoms with Gasteiger partial charge in [0, 0.05) is 23.1 Å². The number of rotatable bonds is 4. The molecule has 5 heteroatoms. The highest BCUT2D eigenvalue weighted by molar-refractivity contribution is 9.09. The summed E-state index contributed by atoms with van der Waals surface area (Å²) in [6, 6.07) is 6.97. The predicted molar refractivity (Wildman–Crippen MR) is 73.1 cm³/mol. The van der Waals surface area contributed by atoms with Crippen LogP contribution in [-0.4, -0.2) is 23.0 Å². The van der Waals surface area contributed by atoms with Gasteiger partial charge in [-0.1, -0.05) is 34.1 Å². The molecule has 2 rings (SSSR count). The molecule has 0 aromatic heterocycles. The van der Waals surface area contributed by atoms with E-state index >= 15 is 0 Å². The molecule has 2 atom stereocenters. The summed E-state index contributed by atoms with van der Waals surface area (Å²) in [6.07, 6.45) is 2.66. The molecule has 0 spiro atoms. The molecule has 0 amide bonds. The third-order valence-corrected chi connectivity index (χ3v) is 4.56. The van der Waals surface area contributed by atoms with Crippen molar-refractivity contribution in [2.75, 3.05) is 13.2 Å². The van der Waals surface area contributed by atoms with Gasteiger partial charge in [-0.25, -0.2) is 0 Å². The first-order valence-electron chi connectivity index (χ1n) is 6.12. The van der Waals surface area contributed by atoms with Gasteiger partial charge in [-0.15, -0.1) is 0 Å². The highest BCUT2D eigenvalue weighted by Gasteiger charge is 2.24. The maximum atomic E-state index is 10.9. The fraction of sp³-hybridized carbons (Fsp3) is 0.538. The number of hydrogen-bond donors (Lipinski definition) is 0. The highest BCUT2D eigenvalue weighted by atomic mass is 79.9. The molecule has 1 aromatic rings. The second-order valence-corrected chi connectivity index (χ2v) is 5.74. The van der Waals surface area contributed by atoms with Crippen LogP contribution in [0, 0.1) is 16.0 Å². The number of nitrogens with zero attached hydrogens (tertiary/aromatic N) is 1. The average Bonchev–Trinajstić information content (AvgIpc) is 2.38. The number of para-hydroxylation sites is 1. The van der Waals surface area contributed by atoms with E-state index in [1.54, 1.807) is 12.1 Å². The van der Waals surface area contributed by atoms with E-state index in [4.69, 9.17) is 4.74 Å². The monoisotopic (exact) mass is 313 g/mol. The fourth-order valence-electron chi connectivity index (χ4n) is 2.28. The van der Waals surface area contributed by atoms with Crippen molar-refractivity contribution in [3.05, 3.63) is 39.9 Å². The quantitative estimate of drug-likeness (QED) is 0.487. The van der Waals surface area contributed by atoms with E-state index in [2.05, 4.69) is 15.9 Å². The van der Waals surface area contributed by atoms with Crippen molar-refractivity contribution < 1.29 is 9.66 Å². The standard InChI is InChI=1S/C13H16BrNO3/c14-12-7-8-18-9-11(12)6-5-10-3-1-2-4-13(10)15(16)17/h1-4,11-12H,5-9H2. The van der Waals surface area contributed by atoms with Crippen LogP contribution in [0.15, 0.2) is 24.3 Å². The molecular formula is C13H16BrNO3. The molecule has 1 aliphatic heterocycles. The molecule has 4 nitrogen and oxygen atoms in total. The Balaban J connectivity index is 1.99. The largest absolute Gasteiger partial charge is 0.381 e. The Kier molecular flexibility index (Phi) is 4.72. The summed E-state index contributed by atoms with van der Waals surface area (Å²) < 4.78 is 5.45. The van der Waals surface area contributed by atoms with E-state index in [0.717, 1.165) is 38.0 Å². The maximum Gasteiger partial charge on any atom is 0.272 e. The summed E-state index contributed by atoms with van der Waals surface area (Å²) in [6.45, 7) is 1.55. The van der Waals surface area contributed by atoms with Crippen LogP contribution in [0.3, 0.4) is 0 Å². The first kappa shape index (κ1) is 13.5. The molecule has 0 N–H and O–H groups in total. The molecule has 0 saturated carbocycles. The average molecular weight is 314 g/mol. The Labute approximate surface area is 115 Å². The number of nitro benzene ring substituents is 1. The maximum absolute atomic E-state index is 10.9. The van der Waals surface area contributed by atoms with E-state index in [9.17, 15) is 10.1 Å². The van der Waals surface area contributed by atoms with Crippen LogP contribution in [0.2, 0.25) is 0 Å². The van der Waals surface area contributed by atoms with E-state index in [-0.39, 0.29) is 10.6 Å². The summed E-state index contributed by atoms with van der Waals surface area (Å²) in [5.74, 6) is 0.443. The van der Waals surface area contributed by atoms with Crippen LogP contribution in [-0.2, 0) is 11.2 Å². The van der Waals surface area contributed by atoms with Crippen LogP contribution in [0.25, 0.3) is 0 Å². The van der Waals surface area contributed by atoms with Gasteiger partial charge in [0.25, 0.3) is 5.69 Å². The number of aryl methyl sites for hydroxylation is 1. The van der Waals surface area contributed by atoms with Crippen molar-refractivity contribution in [1.82, 2.24) is 0 Å². The minimum Gasteiger partial charge on any atom is -0.381 e. The first-order chi connectivity index (χ1) is 8.68. The summed E-state index contributed by atoms with van der Waals surface area (Å²) in [5.41, 5.74) is 1.04. The molecule has 0 bridgehead atoms. The molecule has 18 heavy (non-hydrogen) atoms. The Hall–Kier alpha value is -0.940. The summed E-state index contributed by atoms with van der Waals surface area (Å²) in [7, 11) is 0. The first-order valence-corrected chi connectivity index (χ1v) is 7.04. The molecular weight excluding hydrogens is 298 g/mol. The Morgan fingerprint density at radius 3 is 2.94 bits per heavy atom. The van der Waals surface area contributed by atoms with Gasteiger partial charge in [0.1, 0.15) is 0 Å². The third kappa shape index (κ3) is 3.29. The van der Waals surface area contributed by atoms with Crippen molar-refractivity contribution in [1.29, 1.82) is 0 Å². The summed E-state index contributed by atoms with van der Waals surface area (Å²) >= 11 is 3.66. The third-order valence-electron chi connectivity index (χ3n) is 3.35. The van der Waals surface area contributed by atoms with Crippen molar-refractivity contribution >= 4 is 21.6 Å². The number of benzene rings is 1. The van der Waals surface area contributed by atoms with Gasteiger partial charge in [-0.05, 0) is 25.2 Å². The number of hydrogen-bond acceptors (Lipinski definition) is 3. The molecule has 0 aliphatic carbocycles. The second-order valence-electron chi connectivity index (χ2n) is 4.56. The number of nitro groups is 1. The van der Waals surface area contributed by atoms with Gasteiger partial charge in [0.05, 0.1) is 11.5 Å². The highest BCUT2D eigenvalue weighted by Crippen LogP contribution is 2.28. The van der Waals surface area contributed by atoms with Gasteiger partial charge in [0.15, 0.2) is 0 Å².